The molecule has 0 fully saturated rings. The Morgan fingerprint density at radius 1 is 1.32 bits per heavy atom. The highest BCUT2D eigenvalue weighted by Gasteiger charge is 2.25. The van der Waals surface area contributed by atoms with E-state index in [0.717, 1.165) is 17.3 Å². The lowest BCUT2D eigenvalue weighted by molar-refractivity contribution is -0.116. The lowest BCUT2D eigenvalue weighted by atomic mass is 9.86. The van der Waals surface area contributed by atoms with Crippen molar-refractivity contribution in [3.05, 3.63) is 47.9 Å². The predicted octanol–water partition coefficient (Wildman–Crippen LogP) is 4.14. The molecule has 112 valence electrons. The van der Waals surface area contributed by atoms with Gasteiger partial charge in [0.15, 0.2) is 5.78 Å². The average Bonchev–Trinajstić information content (AvgIpc) is 2.54. The molecule has 2 aromatic rings. The van der Waals surface area contributed by atoms with Gasteiger partial charge < -0.3 is 5.11 Å². The average molecular weight is 294 g/mol. The summed E-state index contributed by atoms with van der Waals surface area (Å²) < 4.78 is 0. The smallest absolute Gasteiger partial charge is 0.168 e. The number of ketones is 1. The number of nitrogens with zero attached hydrogens (tertiary/aromatic N) is 2. The molecule has 1 aromatic carbocycles. The highest BCUT2D eigenvalue weighted by atomic mass is 16.3. The summed E-state index contributed by atoms with van der Waals surface area (Å²) in [5.74, 6) is 0.358. The zero-order chi connectivity index (χ0) is 15.5. The van der Waals surface area contributed by atoms with Gasteiger partial charge in [0.25, 0.3) is 0 Å². The Morgan fingerprint density at radius 3 is 2.91 bits per heavy atom. The van der Waals surface area contributed by atoms with E-state index >= 15 is 0 Å². The molecule has 4 heteroatoms. The second-order valence-electron chi connectivity index (χ2n) is 5.58. The van der Waals surface area contributed by atoms with Crippen LogP contribution in [0.4, 0.5) is 5.69 Å². The summed E-state index contributed by atoms with van der Waals surface area (Å²) in [7, 11) is 0. The molecule has 1 heterocycles. The van der Waals surface area contributed by atoms with E-state index in [-0.39, 0.29) is 17.5 Å². The fourth-order valence-corrected chi connectivity index (χ4v) is 2.75. The van der Waals surface area contributed by atoms with E-state index < -0.39 is 0 Å². The Kier molecular flexibility index (Phi) is 4.00. The molecule has 1 aliphatic rings. The number of hydrogen-bond acceptors (Lipinski definition) is 4. The molecular formula is C18H18N2O2. The third kappa shape index (κ3) is 2.77. The molecular weight excluding hydrogens is 276 g/mol. The molecule has 0 saturated heterocycles. The lowest BCUT2D eigenvalue weighted by Gasteiger charge is -2.20. The van der Waals surface area contributed by atoms with Crippen LogP contribution < -0.4 is 0 Å². The first kappa shape index (κ1) is 14.4. The summed E-state index contributed by atoms with van der Waals surface area (Å²) in [5, 5.41) is 11.1. The van der Waals surface area contributed by atoms with Crippen molar-refractivity contribution >= 4 is 28.6 Å². The van der Waals surface area contributed by atoms with Gasteiger partial charge in [-0.05, 0) is 18.1 Å². The van der Waals surface area contributed by atoms with Crippen molar-refractivity contribution in [1.82, 2.24) is 4.98 Å². The minimum Gasteiger partial charge on any atom is -0.511 e. The zero-order valence-electron chi connectivity index (χ0n) is 12.5. The molecule has 1 unspecified atom stereocenters. The number of allylic oxidation sites excluding steroid dienone is 2. The van der Waals surface area contributed by atoms with E-state index in [1.54, 1.807) is 6.20 Å². The molecule has 0 amide bonds. The van der Waals surface area contributed by atoms with Crippen molar-refractivity contribution < 1.29 is 9.90 Å². The molecule has 22 heavy (non-hydrogen) atoms. The second-order valence-corrected chi connectivity index (χ2v) is 5.58. The van der Waals surface area contributed by atoms with E-state index in [9.17, 15) is 9.90 Å². The van der Waals surface area contributed by atoms with Crippen LogP contribution in [0.25, 0.3) is 10.9 Å². The van der Waals surface area contributed by atoms with Crippen LogP contribution in [-0.4, -0.2) is 22.1 Å². The first-order valence-electron chi connectivity index (χ1n) is 7.52. The fraction of sp³-hybridized carbons (Fsp3) is 0.278. The summed E-state index contributed by atoms with van der Waals surface area (Å²) in [5.41, 5.74) is 1.82. The maximum atomic E-state index is 12.1. The fourth-order valence-electron chi connectivity index (χ4n) is 2.75. The number of rotatable bonds is 3. The summed E-state index contributed by atoms with van der Waals surface area (Å²) in [6, 6.07) is 9.57. The summed E-state index contributed by atoms with van der Waals surface area (Å²) in [4.78, 5) is 20.8. The van der Waals surface area contributed by atoms with Crippen molar-refractivity contribution in [2.45, 2.75) is 26.2 Å². The van der Waals surface area contributed by atoms with Crippen LogP contribution >= 0.6 is 0 Å². The maximum Gasteiger partial charge on any atom is 0.168 e. The first-order chi connectivity index (χ1) is 10.7. The van der Waals surface area contributed by atoms with Gasteiger partial charge in [-0.25, -0.2) is 0 Å². The molecule has 0 aliphatic heterocycles. The zero-order valence-corrected chi connectivity index (χ0v) is 12.5. The molecule has 1 atom stereocenters. The molecule has 0 spiro atoms. The van der Waals surface area contributed by atoms with E-state index in [4.69, 9.17) is 0 Å². The summed E-state index contributed by atoms with van der Waals surface area (Å²) in [6.07, 6.45) is 5.13. The molecule has 4 nitrogen and oxygen atoms in total. The van der Waals surface area contributed by atoms with E-state index in [1.165, 1.54) is 6.21 Å². The van der Waals surface area contributed by atoms with Crippen molar-refractivity contribution in [2.24, 2.45) is 10.9 Å². The van der Waals surface area contributed by atoms with Crippen molar-refractivity contribution in [2.75, 3.05) is 0 Å². The Bertz CT molecular complexity index is 772. The number of aliphatic hydroxyl groups is 1. The molecule has 1 N–H and O–H groups in total. The number of carbonyl (C=O) groups is 1. The van der Waals surface area contributed by atoms with Gasteiger partial charge in [-0.15, -0.1) is 0 Å². The minimum atomic E-state index is -0.0347. The molecule has 1 aromatic heterocycles. The second kappa shape index (κ2) is 6.10. The van der Waals surface area contributed by atoms with E-state index in [1.807, 2.05) is 37.3 Å². The molecule has 0 saturated carbocycles. The largest absolute Gasteiger partial charge is 0.511 e. The third-order valence-electron chi connectivity index (χ3n) is 4.09. The minimum absolute atomic E-state index is 0.0347. The van der Waals surface area contributed by atoms with Gasteiger partial charge in [0.1, 0.15) is 5.76 Å². The standard InChI is InChI=1S/C18H18N2O2/c1-2-12-9-16(21)14(17(22)10-12)11-20-15-7-3-5-13-6-4-8-19-18(13)15/h3-8,11-12,21H,2,9-10H2,1H3. The highest BCUT2D eigenvalue weighted by Crippen LogP contribution is 2.28. The number of aliphatic imine (C=N–C) groups is 1. The highest BCUT2D eigenvalue weighted by molar-refractivity contribution is 6.15. The van der Waals surface area contributed by atoms with Gasteiger partial charge in [-0.2, -0.15) is 0 Å². The third-order valence-corrected chi connectivity index (χ3v) is 4.09. The summed E-state index contributed by atoms with van der Waals surface area (Å²) >= 11 is 0. The van der Waals surface area contributed by atoms with Crippen LogP contribution in [0.3, 0.4) is 0 Å². The Labute approximate surface area is 129 Å². The molecule has 3 rings (SSSR count). The number of benzene rings is 1. The number of hydrogen-bond donors (Lipinski definition) is 1. The van der Waals surface area contributed by atoms with Gasteiger partial charge in [-0.1, -0.05) is 31.5 Å². The molecule has 0 radical (unpaired) electrons. The Balaban J connectivity index is 1.95. The number of Topliss-reactive ketones (excluding diaryl/α,β-unsaturated/α-hetero) is 1. The number of fused-ring (bicyclic) bond motifs is 1. The SMILES string of the molecule is CCC1CC(=O)C(C=Nc2cccc3cccnc23)=C(O)C1. The van der Waals surface area contributed by atoms with Gasteiger partial charge in [0.2, 0.25) is 0 Å². The number of pyridine rings is 1. The number of carbonyl (C=O) groups excluding carboxylic acids is 1. The topological polar surface area (TPSA) is 62.5 Å². The van der Waals surface area contributed by atoms with E-state index in [2.05, 4.69) is 9.98 Å². The van der Waals surface area contributed by atoms with Crippen molar-refractivity contribution in [3.63, 3.8) is 0 Å². The maximum absolute atomic E-state index is 12.1. The number of aromatic nitrogens is 1. The monoisotopic (exact) mass is 294 g/mol. The van der Waals surface area contributed by atoms with Crippen LogP contribution in [0.2, 0.25) is 0 Å². The molecule has 1 aliphatic carbocycles. The van der Waals surface area contributed by atoms with Gasteiger partial charge in [0.05, 0.1) is 16.8 Å². The molecule has 0 bridgehead atoms. The number of aliphatic hydroxyl groups excluding tert-OH is 1. The van der Waals surface area contributed by atoms with Gasteiger partial charge in [0, 0.05) is 30.6 Å². The predicted molar refractivity (Wildman–Crippen MR) is 87.6 cm³/mol. The first-order valence-corrected chi connectivity index (χ1v) is 7.52. The lowest BCUT2D eigenvalue weighted by Crippen LogP contribution is -2.19. The van der Waals surface area contributed by atoms with Crippen molar-refractivity contribution in [1.29, 1.82) is 0 Å². The van der Waals surface area contributed by atoms with E-state index in [0.29, 0.717) is 24.1 Å². The summed E-state index contributed by atoms with van der Waals surface area (Å²) in [6.45, 7) is 2.03. The normalized spacial score (nSPS) is 19.3. The van der Waals surface area contributed by atoms with Crippen molar-refractivity contribution in [3.8, 4) is 0 Å². The van der Waals surface area contributed by atoms with Gasteiger partial charge in [-0.3, -0.25) is 14.8 Å². The Morgan fingerprint density at radius 2 is 2.14 bits per heavy atom. The number of para-hydroxylation sites is 1. The van der Waals surface area contributed by atoms with Crippen LogP contribution in [0.1, 0.15) is 26.2 Å². The van der Waals surface area contributed by atoms with Crippen LogP contribution in [0, 0.1) is 5.92 Å². The van der Waals surface area contributed by atoms with Crippen LogP contribution in [0.5, 0.6) is 0 Å². The Hall–Kier alpha value is -2.49. The van der Waals surface area contributed by atoms with Crippen LogP contribution in [-0.2, 0) is 4.79 Å². The van der Waals surface area contributed by atoms with Crippen LogP contribution in [0.15, 0.2) is 52.9 Å². The quantitative estimate of drug-likeness (QED) is 0.865. The van der Waals surface area contributed by atoms with Gasteiger partial charge >= 0.3 is 0 Å².